The topological polar surface area (TPSA) is 74.6 Å². The molecule has 0 spiro atoms. The summed E-state index contributed by atoms with van der Waals surface area (Å²) in [5, 5.41) is 19.6. The van der Waals surface area contributed by atoms with Gasteiger partial charge in [0.1, 0.15) is 5.75 Å². The highest BCUT2D eigenvalue weighted by Crippen LogP contribution is 2.37. The van der Waals surface area contributed by atoms with Gasteiger partial charge in [-0.2, -0.15) is 0 Å². The van der Waals surface area contributed by atoms with Crippen molar-refractivity contribution in [3.63, 3.8) is 0 Å². The first-order chi connectivity index (χ1) is 23.0. The lowest BCUT2D eigenvalue weighted by Gasteiger charge is -2.32. The molecule has 0 heterocycles. The van der Waals surface area contributed by atoms with Crippen LogP contribution in [0.25, 0.3) is 0 Å². The third-order valence-corrected chi connectivity index (χ3v) is 10.5. The zero-order valence-corrected chi connectivity index (χ0v) is 29.8. The monoisotopic (exact) mass is 646 g/mol. The molecule has 1 fully saturated rings. The average Bonchev–Trinajstić information content (AvgIpc) is 3.13. The molecule has 0 aromatic heterocycles. The first-order valence-electron chi connectivity index (χ1n) is 18.0. The largest absolute Gasteiger partial charge is 0.508 e. The standard InChI is InChI=1S/C18H16O2.C16H24O.C10H14O/c1-3-11(2)12-8-9-15-16(10-12)18(20)14-7-5-4-6-13(14)17(15)19;1-3-13(2)14-7-9-15(10-8-14)16(17)11-5-4-6-12-16;1-3-8(2)9-4-6-10(11)7-5-9/h4-11H,3H2,1-2H3;7-10,13,17H,3-6,11-12H2,1-2H3;4-8,11H,3H2,1-2H3. The number of aromatic hydroxyl groups is 1. The van der Waals surface area contributed by atoms with Crippen molar-refractivity contribution in [2.45, 2.75) is 116 Å². The van der Waals surface area contributed by atoms with E-state index < -0.39 is 5.60 Å². The van der Waals surface area contributed by atoms with E-state index in [0.29, 0.717) is 45.8 Å². The molecule has 4 nitrogen and oxygen atoms in total. The minimum Gasteiger partial charge on any atom is -0.508 e. The molecular formula is C44H54O4. The quantitative estimate of drug-likeness (QED) is 0.184. The lowest BCUT2D eigenvalue weighted by Crippen LogP contribution is -2.28. The summed E-state index contributed by atoms with van der Waals surface area (Å²) >= 11 is 0. The number of carbonyl (C=O) groups is 2. The van der Waals surface area contributed by atoms with Gasteiger partial charge in [-0.1, -0.05) is 134 Å². The Kier molecular flexibility index (Phi) is 12.9. The SMILES string of the molecule is CCC(C)c1ccc(C2(O)CCCCC2)cc1.CCC(C)c1ccc(O)cc1.CCC(C)c1ccc2c(c1)C(=O)c1ccccc1C2=O. The van der Waals surface area contributed by atoms with E-state index in [1.807, 2.05) is 24.3 Å². The minimum atomic E-state index is -0.549. The highest BCUT2D eigenvalue weighted by Gasteiger charge is 2.31. The molecule has 0 bridgehead atoms. The van der Waals surface area contributed by atoms with Gasteiger partial charge in [0.2, 0.25) is 0 Å². The zero-order valence-electron chi connectivity index (χ0n) is 29.8. The molecule has 4 heteroatoms. The molecule has 2 aliphatic rings. The van der Waals surface area contributed by atoms with Gasteiger partial charge >= 0.3 is 0 Å². The van der Waals surface area contributed by atoms with E-state index in [2.05, 4.69) is 65.8 Å². The van der Waals surface area contributed by atoms with Gasteiger partial charge in [-0.3, -0.25) is 9.59 Å². The molecule has 2 aliphatic carbocycles. The molecule has 2 N–H and O–H groups in total. The third-order valence-electron chi connectivity index (χ3n) is 10.5. The van der Waals surface area contributed by atoms with Gasteiger partial charge in [0.05, 0.1) is 5.60 Å². The van der Waals surface area contributed by atoms with Crippen molar-refractivity contribution in [2.24, 2.45) is 0 Å². The average molecular weight is 647 g/mol. The molecule has 0 amide bonds. The van der Waals surface area contributed by atoms with E-state index in [0.717, 1.165) is 49.7 Å². The number of benzene rings is 4. The molecule has 1 saturated carbocycles. The number of rotatable bonds is 7. The Hall–Kier alpha value is -4.02. The van der Waals surface area contributed by atoms with Crippen LogP contribution in [0.2, 0.25) is 0 Å². The second-order valence-corrected chi connectivity index (χ2v) is 13.7. The van der Waals surface area contributed by atoms with Gasteiger partial charge in [0.15, 0.2) is 11.6 Å². The van der Waals surface area contributed by atoms with Crippen molar-refractivity contribution in [3.05, 3.63) is 136 Å². The van der Waals surface area contributed by atoms with Crippen LogP contribution in [0.3, 0.4) is 0 Å². The molecular weight excluding hydrogens is 592 g/mol. The van der Waals surface area contributed by atoms with Crippen LogP contribution in [0, 0.1) is 0 Å². The number of ketones is 2. The first kappa shape index (κ1) is 36.8. The Bertz CT molecular complexity index is 1640. The first-order valence-corrected chi connectivity index (χ1v) is 18.0. The zero-order chi connectivity index (χ0) is 34.8. The number of hydrogen-bond acceptors (Lipinski definition) is 4. The molecule has 4 aromatic rings. The molecule has 0 saturated heterocycles. The van der Waals surface area contributed by atoms with Gasteiger partial charge < -0.3 is 10.2 Å². The lowest BCUT2D eigenvalue weighted by molar-refractivity contribution is -0.000648. The smallest absolute Gasteiger partial charge is 0.194 e. The maximum atomic E-state index is 12.6. The number of aliphatic hydroxyl groups is 1. The summed E-state index contributed by atoms with van der Waals surface area (Å²) in [6, 6.07) is 28.8. The molecule has 3 atom stereocenters. The van der Waals surface area contributed by atoms with E-state index in [1.165, 1.54) is 24.0 Å². The summed E-state index contributed by atoms with van der Waals surface area (Å²) in [7, 11) is 0. The minimum absolute atomic E-state index is 0.0413. The fourth-order valence-electron chi connectivity index (χ4n) is 6.48. The molecule has 48 heavy (non-hydrogen) atoms. The Balaban J connectivity index is 0.000000170. The molecule has 254 valence electrons. The number of phenols is 1. The fourth-order valence-corrected chi connectivity index (χ4v) is 6.48. The van der Waals surface area contributed by atoms with Crippen LogP contribution in [0.5, 0.6) is 5.75 Å². The molecule has 4 aromatic carbocycles. The van der Waals surface area contributed by atoms with E-state index in [4.69, 9.17) is 5.11 Å². The van der Waals surface area contributed by atoms with Gasteiger partial charge in [-0.15, -0.1) is 0 Å². The number of carbonyl (C=O) groups excluding carboxylic acids is 2. The summed E-state index contributed by atoms with van der Waals surface area (Å²) in [6.07, 6.45) is 8.76. The van der Waals surface area contributed by atoms with E-state index in [-0.39, 0.29) is 11.6 Å². The van der Waals surface area contributed by atoms with Crippen molar-refractivity contribution < 1.29 is 19.8 Å². The van der Waals surface area contributed by atoms with Gasteiger partial charge in [0.25, 0.3) is 0 Å². The van der Waals surface area contributed by atoms with Crippen LogP contribution < -0.4 is 0 Å². The Morgan fingerprint density at radius 2 is 0.979 bits per heavy atom. The maximum absolute atomic E-state index is 12.6. The summed E-state index contributed by atoms with van der Waals surface area (Å²) in [5.74, 6) is 1.85. The van der Waals surface area contributed by atoms with Crippen LogP contribution in [-0.2, 0) is 5.60 Å². The van der Waals surface area contributed by atoms with Crippen molar-refractivity contribution in [3.8, 4) is 5.75 Å². The van der Waals surface area contributed by atoms with Crippen molar-refractivity contribution in [1.29, 1.82) is 0 Å². The Labute approximate surface area is 288 Å². The number of hydrogen-bond donors (Lipinski definition) is 2. The summed E-state index contributed by atoms with van der Waals surface area (Å²) < 4.78 is 0. The highest BCUT2D eigenvalue weighted by molar-refractivity contribution is 6.28. The summed E-state index contributed by atoms with van der Waals surface area (Å²) in [4.78, 5) is 25.0. The lowest BCUT2D eigenvalue weighted by atomic mass is 9.79. The molecule has 0 radical (unpaired) electrons. The summed E-state index contributed by atoms with van der Waals surface area (Å²) in [5.41, 5.74) is 6.48. The molecule has 3 unspecified atom stereocenters. The Morgan fingerprint density at radius 1 is 0.562 bits per heavy atom. The van der Waals surface area contributed by atoms with Crippen LogP contribution >= 0.6 is 0 Å². The second kappa shape index (κ2) is 16.9. The van der Waals surface area contributed by atoms with Crippen molar-refractivity contribution in [1.82, 2.24) is 0 Å². The number of phenolic OH excluding ortho intramolecular Hbond substituents is 1. The van der Waals surface area contributed by atoms with Gasteiger partial charge in [-0.05, 0) is 90.3 Å². The fraction of sp³-hybridized carbons (Fsp3) is 0.409. The van der Waals surface area contributed by atoms with E-state index in [1.54, 1.807) is 42.5 Å². The molecule has 6 rings (SSSR count). The summed E-state index contributed by atoms with van der Waals surface area (Å²) in [6.45, 7) is 13.1. The van der Waals surface area contributed by atoms with Crippen molar-refractivity contribution >= 4 is 11.6 Å². The van der Waals surface area contributed by atoms with Crippen LogP contribution in [-0.4, -0.2) is 21.8 Å². The predicted octanol–water partition coefficient (Wildman–Crippen LogP) is 11.2. The molecule has 0 aliphatic heterocycles. The van der Waals surface area contributed by atoms with Crippen LogP contribution in [0.1, 0.15) is 165 Å². The van der Waals surface area contributed by atoms with Crippen molar-refractivity contribution in [2.75, 3.05) is 0 Å². The van der Waals surface area contributed by atoms with Crippen LogP contribution in [0.4, 0.5) is 0 Å². The number of fused-ring (bicyclic) bond motifs is 2. The Morgan fingerprint density at radius 3 is 1.48 bits per heavy atom. The van der Waals surface area contributed by atoms with E-state index >= 15 is 0 Å². The van der Waals surface area contributed by atoms with Crippen LogP contribution in [0.15, 0.2) is 91.0 Å². The highest BCUT2D eigenvalue weighted by atomic mass is 16.3. The normalized spacial score (nSPS) is 16.6. The van der Waals surface area contributed by atoms with Gasteiger partial charge in [-0.25, -0.2) is 0 Å². The van der Waals surface area contributed by atoms with Gasteiger partial charge in [0, 0.05) is 22.3 Å². The predicted molar refractivity (Wildman–Crippen MR) is 197 cm³/mol. The third kappa shape index (κ3) is 8.71. The van der Waals surface area contributed by atoms with E-state index in [9.17, 15) is 14.7 Å². The maximum Gasteiger partial charge on any atom is 0.194 e. The second-order valence-electron chi connectivity index (χ2n) is 13.7.